The van der Waals surface area contributed by atoms with E-state index in [2.05, 4.69) is 10.3 Å². The summed E-state index contributed by atoms with van der Waals surface area (Å²) in [5.74, 6) is 2.14. The number of carbonyl (C=O) groups excluding carboxylic acids is 1. The van der Waals surface area contributed by atoms with E-state index in [1.807, 2.05) is 32.9 Å². The number of rotatable bonds is 7. The number of carbonyl (C=O) groups is 1. The van der Waals surface area contributed by atoms with Crippen LogP contribution in [0.5, 0.6) is 0 Å². The molecule has 2 aliphatic rings. The number of nitrogens with zero attached hydrogens (tertiary/aromatic N) is 1. The monoisotopic (exact) mass is 372 g/mol. The zero-order valence-electron chi connectivity index (χ0n) is 17.3. The van der Waals surface area contributed by atoms with E-state index in [0.717, 1.165) is 17.7 Å². The maximum Gasteiger partial charge on any atom is 0.357 e. The van der Waals surface area contributed by atoms with Crippen molar-refractivity contribution in [3.63, 3.8) is 0 Å². The summed E-state index contributed by atoms with van der Waals surface area (Å²) in [7, 11) is 0. The van der Waals surface area contributed by atoms with Crippen LogP contribution in [-0.4, -0.2) is 22.6 Å². The van der Waals surface area contributed by atoms with Gasteiger partial charge >= 0.3 is 5.97 Å². The van der Waals surface area contributed by atoms with Gasteiger partial charge in [-0.1, -0.05) is 57.4 Å². The highest BCUT2D eigenvalue weighted by Crippen LogP contribution is 2.34. The lowest BCUT2D eigenvalue weighted by Crippen LogP contribution is -2.27. The van der Waals surface area contributed by atoms with Crippen molar-refractivity contribution in [2.24, 2.45) is 11.8 Å². The van der Waals surface area contributed by atoms with E-state index >= 15 is 0 Å². The Hall–Kier alpha value is -1.58. The Kier molecular flexibility index (Phi) is 6.78. The number of nitrogens with one attached hydrogen (secondary N) is 1. The third-order valence-corrected chi connectivity index (χ3v) is 5.89. The Balaban J connectivity index is 1.66. The van der Waals surface area contributed by atoms with Crippen LogP contribution < -0.4 is 5.32 Å². The van der Waals surface area contributed by atoms with Crippen LogP contribution in [0.25, 0.3) is 0 Å². The number of pyridine rings is 1. The largest absolute Gasteiger partial charge is 0.455 e. The molecule has 1 heterocycles. The van der Waals surface area contributed by atoms with Gasteiger partial charge in [0.2, 0.25) is 0 Å². The number of aromatic nitrogens is 1. The highest BCUT2D eigenvalue weighted by atomic mass is 16.6. The van der Waals surface area contributed by atoms with Crippen LogP contribution in [-0.2, 0) is 4.74 Å². The quantitative estimate of drug-likeness (QED) is 0.598. The molecule has 0 aliphatic heterocycles. The molecule has 2 aliphatic carbocycles. The predicted octanol–water partition coefficient (Wildman–Crippen LogP) is 5.98. The van der Waals surface area contributed by atoms with Crippen LogP contribution in [0.1, 0.15) is 95.5 Å². The molecule has 1 aromatic heterocycles. The molecular weight excluding hydrogens is 336 g/mol. The van der Waals surface area contributed by atoms with E-state index in [1.165, 1.54) is 64.2 Å². The molecule has 0 unspecified atom stereocenters. The van der Waals surface area contributed by atoms with Gasteiger partial charge in [0.25, 0.3) is 0 Å². The van der Waals surface area contributed by atoms with Gasteiger partial charge in [-0.3, -0.25) is 0 Å². The minimum atomic E-state index is -0.504. The molecule has 0 amide bonds. The van der Waals surface area contributed by atoms with Crippen molar-refractivity contribution in [1.29, 1.82) is 0 Å². The fourth-order valence-electron chi connectivity index (χ4n) is 4.68. The van der Waals surface area contributed by atoms with E-state index in [9.17, 15) is 4.79 Å². The standard InChI is InChI=1S/C23H36N2O2/c1-23(2,3)27-22(26)20-13-8-14-21(25-20)24-19(15-17-9-4-5-10-17)16-18-11-6-7-12-18/h8,13-14,17-19H,4-7,9-12,15-16H2,1-3H3,(H,24,25). The van der Waals surface area contributed by atoms with Crippen molar-refractivity contribution in [2.75, 3.05) is 5.32 Å². The number of esters is 1. The summed E-state index contributed by atoms with van der Waals surface area (Å²) in [5, 5.41) is 3.67. The first-order valence-electron chi connectivity index (χ1n) is 10.9. The summed E-state index contributed by atoms with van der Waals surface area (Å²) in [6.07, 6.45) is 13.5. The molecule has 4 heteroatoms. The van der Waals surface area contributed by atoms with E-state index in [4.69, 9.17) is 4.74 Å². The molecule has 27 heavy (non-hydrogen) atoms. The van der Waals surface area contributed by atoms with Crippen LogP contribution in [0.15, 0.2) is 18.2 Å². The van der Waals surface area contributed by atoms with Crippen LogP contribution in [0.4, 0.5) is 5.82 Å². The third kappa shape index (κ3) is 6.51. The van der Waals surface area contributed by atoms with Crippen molar-refractivity contribution in [1.82, 2.24) is 4.98 Å². The van der Waals surface area contributed by atoms with E-state index in [0.29, 0.717) is 11.7 Å². The molecule has 0 atom stereocenters. The molecule has 1 N–H and O–H groups in total. The summed E-state index contributed by atoms with van der Waals surface area (Å²) < 4.78 is 5.47. The maximum atomic E-state index is 12.3. The minimum Gasteiger partial charge on any atom is -0.455 e. The molecule has 2 saturated carbocycles. The van der Waals surface area contributed by atoms with Gasteiger partial charge in [-0.25, -0.2) is 9.78 Å². The second kappa shape index (κ2) is 9.07. The van der Waals surface area contributed by atoms with Crippen LogP contribution >= 0.6 is 0 Å². The Morgan fingerprint density at radius 2 is 1.63 bits per heavy atom. The first-order valence-corrected chi connectivity index (χ1v) is 10.9. The highest BCUT2D eigenvalue weighted by molar-refractivity contribution is 5.87. The van der Waals surface area contributed by atoms with Crippen molar-refractivity contribution >= 4 is 11.8 Å². The Bertz CT molecular complexity index is 593. The second-order valence-corrected chi connectivity index (χ2v) is 9.52. The van der Waals surface area contributed by atoms with Gasteiger partial charge < -0.3 is 10.1 Å². The Morgan fingerprint density at radius 1 is 1.07 bits per heavy atom. The van der Waals surface area contributed by atoms with Crippen LogP contribution in [0.2, 0.25) is 0 Å². The second-order valence-electron chi connectivity index (χ2n) is 9.52. The maximum absolute atomic E-state index is 12.3. The number of hydrogen-bond donors (Lipinski definition) is 1. The van der Waals surface area contributed by atoms with E-state index < -0.39 is 5.60 Å². The zero-order valence-corrected chi connectivity index (χ0v) is 17.3. The molecule has 1 aromatic rings. The predicted molar refractivity (Wildman–Crippen MR) is 110 cm³/mol. The fraction of sp³-hybridized carbons (Fsp3) is 0.739. The summed E-state index contributed by atoms with van der Waals surface area (Å²) in [6, 6.07) is 6.07. The van der Waals surface area contributed by atoms with Crippen LogP contribution in [0.3, 0.4) is 0 Å². The normalized spacial score (nSPS) is 19.0. The van der Waals surface area contributed by atoms with Crippen molar-refractivity contribution in [3.05, 3.63) is 23.9 Å². The van der Waals surface area contributed by atoms with Crippen molar-refractivity contribution in [3.8, 4) is 0 Å². The van der Waals surface area contributed by atoms with Crippen molar-refractivity contribution < 1.29 is 9.53 Å². The SMILES string of the molecule is CC(C)(C)OC(=O)c1cccc(NC(CC2CCCC2)CC2CCCC2)n1. The third-order valence-electron chi connectivity index (χ3n) is 5.89. The fourth-order valence-corrected chi connectivity index (χ4v) is 4.68. The molecule has 0 aromatic carbocycles. The van der Waals surface area contributed by atoms with Gasteiger partial charge in [0.05, 0.1) is 0 Å². The first kappa shape index (κ1) is 20.2. The lowest BCUT2D eigenvalue weighted by molar-refractivity contribution is 0.00629. The number of hydrogen-bond acceptors (Lipinski definition) is 4. The smallest absolute Gasteiger partial charge is 0.357 e. The first-order chi connectivity index (χ1) is 12.9. The van der Waals surface area contributed by atoms with E-state index in [1.54, 1.807) is 6.07 Å². The summed E-state index contributed by atoms with van der Waals surface area (Å²) in [4.78, 5) is 16.9. The van der Waals surface area contributed by atoms with Gasteiger partial charge in [-0.05, 0) is 57.6 Å². The average Bonchev–Trinajstić information content (AvgIpc) is 3.27. The molecule has 0 saturated heterocycles. The molecular formula is C23H36N2O2. The van der Waals surface area contributed by atoms with Crippen molar-refractivity contribution in [2.45, 2.75) is 96.6 Å². The topological polar surface area (TPSA) is 51.2 Å². The molecule has 150 valence electrons. The minimum absolute atomic E-state index is 0.353. The summed E-state index contributed by atoms with van der Waals surface area (Å²) >= 11 is 0. The van der Waals surface area contributed by atoms with Gasteiger partial charge in [0.15, 0.2) is 5.69 Å². The van der Waals surface area contributed by atoms with Gasteiger partial charge in [0, 0.05) is 6.04 Å². The molecule has 0 bridgehead atoms. The summed E-state index contributed by atoms with van der Waals surface area (Å²) in [6.45, 7) is 5.64. The van der Waals surface area contributed by atoms with Gasteiger partial charge in [0.1, 0.15) is 11.4 Å². The number of ether oxygens (including phenoxy) is 1. The lowest BCUT2D eigenvalue weighted by Gasteiger charge is -2.25. The van der Waals surface area contributed by atoms with E-state index in [-0.39, 0.29) is 5.97 Å². The highest BCUT2D eigenvalue weighted by Gasteiger charge is 2.25. The Morgan fingerprint density at radius 3 is 2.15 bits per heavy atom. The molecule has 0 radical (unpaired) electrons. The molecule has 3 rings (SSSR count). The Labute approximate surface area is 164 Å². The number of anilines is 1. The van der Waals surface area contributed by atoms with Crippen LogP contribution in [0, 0.1) is 11.8 Å². The average molecular weight is 373 g/mol. The zero-order chi connectivity index (χ0) is 19.3. The summed E-state index contributed by atoms with van der Waals surface area (Å²) in [5.41, 5.74) is -0.120. The lowest BCUT2D eigenvalue weighted by atomic mass is 9.90. The van der Waals surface area contributed by atoms with Gasteiger partial charge in [-0.2, -0.15) is 0 Å². The molecule has 4 nitrogen and oxygen atoms in total. The molecule has 0 spiro atoms. The van der Waals surface area contributed by atoms with Gasteiger partial charge in [-0.15, -0.1) is 0 Å². The molecule has 2 fully saturated rings.